The second-order valence-electron chi connectivity index (χ2n) is 7.86. The van der Waals surface area contributed by atoms with E-state index in [0.717, 1.165) is 57.9 Å². The van der Waals surface area contributed by atoms with Crippen LogP contribution in [0.3, 0.4) is 0 Å². The number of halogens is 1. The van der Waals surface area contributed by atoms with Crippen molar-refractivity contribution in [3.63, 3.8) is 0 Å². The van der Waals surface area contributed by atoms with Gasteiger partial charge in [-0.2, -0.15) is 0 Å². The fraction of sp³-hybridized carbons (Fsp3) is 0.941. The Kier molecular flexibility index (Phi) is 7.41. The van der Waals surface area contributed by atoms with Gasteiger partial charge < -0.3 is 15.0 Å². The zero-order valence-electron chi connectivity index (χ0n) is 15.4. The summed E-state index contributed by atoms with van der Waals surface area (Å²) in [5.74, 6) is 1.75. The summed E-state index contributed by atoms with van der Waals surface area (Å²) in [6.07, 6.45) is 4.09. The van der Waals surface area contributed by atoms with Crippen LogP contribution in [0.25, 0.3) is 0 Å². The molecule has 0 saturated carbocycles. The van der Waals surface area contributed by atoms with Gasteiger partial charge in [-0.05, 0) is 38.5 Å². The highest BCUT2D eigenvalue weighted by Gasteiger charge is 2.42. The van der Waals surface area contributed by atoms with Gasteiger partial charge in [0.2, 0.25) is 0 Å². The van der Waals surface area contributed by atoms with Gasteiger partial charge in [-0.25, -0.2) is 8.42 Å². The molecule has 3 saturated heterocycles. The minimum absolute atomic E-state index is 0. The Hall–Kier alpha value is -0.0900. The van der Waals surface area contributed by atoms with Crippen molar-refractivity contribution in [3.8, 4) is 0 Å². The van der Waals surface area contributed by atoms with E-state index in [4.69, 9.17) is 9.73 Å². The molecule has 3 aliphatic rings. The molecular weight excluding hydrogens is 453 g/mol. The van der Waals surface area contributed by atoms with Gasteiger partial charge in [0.05, 0.1) is 18.1 Å². The molecule has 0 aromatic heterocycles. The fourth-order valence-corrected chi connectivity index (χ4v) is 5.73. The second-order valence-corrected chi connectivity index (χ2v) is 10.1. The van der Waals surface area contributed by atoms with Gasteiger partial charge >= 0.3 is 0 Å². The molecule has 146 valence electrons. The minimum atomic E-state index is -2.83. The summed E-state index contributed by atoms with van der Waals surface area (Å²) in [5.41, 5.74) is 0.300. The molecule has 0 aliphatic carbocycles. The molecule has 6 nitrogen and oxygen atoms in total. The first-order valence-electron chi connectivity index (χ1n) is 9.25. The van der Waals surface area contributed by atoms with Gasteiger partial charge in [0, 0.05) is 37.7 Å². The molecule has 3 atom stereocenters. The summed E-state index contributed by atoms with van der Waals surface area (Å²) in [5, 5.41) is 3.55. The Morgan fingerprint density at radius 2 is 2.24 bits per heavy atom. The van der Waals surface area contributed by atoms with E-state index in [0.29, 0.717) is 29.5 Å². The molecule has 3 unspecified atom stereocenters. The van der Waals surface area contributed by atoms with Crippen molar-refractivity contribution in [2.45, 2.75) is 45.6 Å². The largest absolute Gasteiger partial charge is 0.381 e. The van der Waals surface area contributed by atoms with Crippen LogP contribution in [0.2, 0.25) is 0 Å². The number of hydrogen-bond acceptors (Lipinski definition) is 4. The lowest BCUT2D eigenvalue weighted by Gasteiger charge is -2.27. The zero-order valence-corrected chi connectivity index (χ0v) is 18.5. The second kappa shape index (κ2) is 8.73. The van der Waals surface area contributed by atoms with Crippen LogP contribution in [-0.2, 0) is 14.6 Å². The van der Waals surface area contributed by atoms with Crippen molar-refractivity contribution in [3.05, 3.63) is 0 Å². The first kappa shape index (κ1) is 21.2. The summed E-state index contributed by atoms with van der Waals surface area (Å²) >= 11 is 0. The molecule has 0 amide bonds. The van der Waals surface area contributed by atoms with Crippen molar-refractivity contribution in [2.75, 3.05) is 44.4 Å². The molecule has 0 aromatic carbocycles. The standard InChI is InChI=1S/C17H31N3O3S.HI/c1-3-14(2)19-16(18-10-15-4-9-24(21,22)11-15)20-7-5-17(12-20)6-8-23-13-17;/h14-15H,3-13H2,1-2H3,(H,18,19);1H. The van der Waals surface area contributed by atoms with Crippen LogP contribution in [-0.4, -0.2) is 69.7 Å². The van der Waals surface area contributed by atoms with Gasteiger partial charge in [0.25, 0.3) is 0 Å². The van der Waals surface area contributed by atoms with Crippen molar-refractivity contribution in [1.29, 1.82) is 0 Å². The first-order chi connectivity index (χ1) is 11.4. The van der Waals surface area contributed by atoms with Gasteiger partial charge in [-0.15, -0.1) is 24.0 Å². The number of aliphatic imine (C=N–C) groups is 1. The lowest BCUT2D eigenvalue weighted by Crippen LogP contribution is -2.45. The van der Waals surface area contributed by atoms with Crippen LogP contribution in [0.5, 0.6) is 0 Å². The summed E-state index contributed by atoms with van der Waals surface area (Å²) in [6, 6.07) is 0.368. The van der Waals surface area contributed by atoms with Crippen LogP contribution in [0.1, 0.15) is 39.5 Å². The average molecular weight is 485 g/mol. The third-order valence-corrected chi connectivity index (χ3v) is 7.57. The number of hydrogen-bond donors (Lipinski definition) is 1. The third-order valence-electron chi connectivity index (χ3n) is 5.74. The number of ether oxygens (including phenoxy) is 1. The molecule has 3 heterocycles. The molecule has 1 N–H and O–H groups in total. The van der Waals surface area contributed by atoms with E-state index >= 15 is 0 Å². The monoisotopic (exact) mass is 485 g/mol. The predicted molar refractivity (Wildman–Crippen MR) is 111 cm³/mol. The minimum Gasteiger partial charge on any atom is -0.381 e. The number of nitrogens with one attached hydrogen (secondary N) is 1. The Labute approximate surface area is 169 Å². The highest BCUT2D eigenvalue weighted by molar-refractivity contribution is 14.0. The van der Waals surface area contributed by atoms with E-state index in [-0.39, 0.29) is 29.9 Å². The topological polar surface area (TPSA) is 71.0 Å². The molecule has 0 aromatic rings. The number of sulfone groups is 1. The molecule has 8 heteroatoms. The zero-order chi connectivity index (χ0) is 17.2. The first-order valence-corrected chi connectivity index (χ1v) is 11.1. The molecule has 3 fully saturated rings. The Morgan fingerprint density at radius 3 is 2.84 bits per heavy atom. The van der Waals surface area contributed by atoms with Crippen LogP contribution in [0, 0.1) is 11.3 Å². The Balaban J connectivity index is 0.00000225. The van der Waals surface area contributed by atoms with Crippen LogP contribution >= 0.6 is 24.0 Å². The van der Waals surface area contributed by atoms with E-state index in [1.165, 1.54) is 0 Å². The smallest absolute Gasteiger partial charge is 0.194 e. The normalized spacial score (nSPS) is 32.8. The van der Waals surface area contributed by atoms with E-state index in [1.807, 2.05) is 0 Å². The Morgan fingerprint density at radius 1 is 1.44 bits per heavy atom. The summed E-state index contributed by atoms with van der Waals surface area (Å²) in [6.45, 7) is 8.68. The SMILES string of the molecule is CCC(C)NC(=NCC1CCS(=O)(=O)C1)N1CCC2(CCOC2)C1.I. The van der Waals surface area contributed by atoms with Crippen molar-refractivity contribution < 1.29 is 13.2 Å². The maximum Gasteiger partial charge on any atom is 0.194 e. The molecule has 3 rings (SSSR count). The van der Waals surface area contributed by atoms with Gasteiger partial charge in [0.1, 0.15) is 0 Å². The van der Waals surface area contributed by atoms with Gasteiger partial charge in [-0.1, -0.05) is 6.92 Å². The number of rotatable bonds is 4. The fourth-order valence-electron chi connectivity index (χ4n) is 3.88. The maximum absolute atomic E-state index is 11.6. The molecular formula is C17H32IN3O3S. The summed E-state index contributed by atoms with van der Waals surface area (Å²) in [4.78, 5) is 7.17. The van der Waals surface area contributed by atoms with Gasteiger partial charge in [0.15, 0.2) is 15.8 Å². The highest BCUT2D eigenvalue weighted by Crippen LogP contribution is 2.38. The molecule has 25 heavy (non-hydrogen) atoms. The number of likely N-dealkylation sites (tertiary alicyclic amines) is 1. The lowest BCUT2D eigenvalue weighted by molar-refractivity contribution is 0.156. The van der Waals surface area contributed by atoms with E-state index in [1.54, 1.807) is 0 Å². The third kappa shape index (κ3) is 5.45. The van der Waals surface area contributed by atoms with E-state index in [9.17, 15) is 8.42 Å². The van der Waals surface area contributed by atoms with E-state index in [2.05, 4.69) is 24.1 Å². The molecule has 1 spiro atoms. The summed E-state index contributed by atoms with van der Waals surface area (Å²) in [7, 11) is -2.83. The van der Waals surface area contributed by atoms with Crippen LogP contribution in [0.4, 0.5) is 0 Å². The number of nitrogens with zero attached hydrogens (tertiary/aromatic N) is 2. The Bertz CT molecular complexity index is 576. The average Bonchev–Trinajstić information content (AvgIpc) is 3.26. The predicted octanol–water partition coefficient (Wildman–Crippen LogP) is 1.90. The van der Waals surface area contributed by atoms with Crippen molar-refractivity contribution in [2.24, 2.45) is 16.3 Å². The van der Waals surface area contributed by atoms with Crippen molar-refractivity contribution in [1.82, 2.24) is 10.2 Å². The lowest BCUT2D eigenvalue weighted by atomic mass is 9.87. The summed E-state index contributed by atoms with van der Waals surface area (Å²) < 4.78 is 28.9. The van der Waals surface area contributed by atoms with Crippen LogP contribution < -0.4 is 5.32 Å². The van der Waals surface area contributed by atoms with E-state index < -0.39 is 9.84 Å². The maximum atomic E-state index is 11.6. The van der Waals surface area contributed by atoms with Crippen molar-refractivity contribution >= 4 is 39.8 Å². The molecule has 0 bridgehead atoms. The number of guanidine groups is 1. The van der Waals surface area contributed by atoms with Gasteiger partial charge in [-0.3, -0.25) is 4.99 Å². The highest BCUT2D eigenvalue weighted by atomic mass is 127. The molecule has 0 radical (unpaired) electrons. The van der Waals surface area contributed by atoms with Crippen LogP contribution in [0.15, 0.2) is 4.99 Å². The molecule has 3 aliphatic heterocycles. The quantitative estimate of drug-likeness (QED) is 0.374.